The van der Waals surface area contributed by atoms with Crippen molar-refractivity contribution in [1.29, 1.82) is 0 Å². The second-order valence-corrected chi connectivity index (χ2v) is 6.54. The average Bonchev–Trinajstić information content (AvgIpc) is 2.71. The number of anilines is 1. The van der Waals surface area contributed by atoms with E-state index in [9.17, 15) is 19.2 Å². The van der Waals surface area contributed by atoms with Gasteiger partial charge in [-0.3, -0.25) is 19.2 Å². The Morgan fingerprint density at radius 3 is 2.17 bits per heavy atom. The van der Waals surface area contributed by atoms with E-state index in [1.54, 1.807) is 24.3 Å². The number of rotatable bonds is 9. The molecular formula is C22H24N2O5. The molecule has 0 radical (unpaired) electrons. The van der Waals surface area contributed by atoms with E-state index in [1.807, 2.05) is 37.3 Å². The summed E-state index contributed by atoms with van der Waals surface area (Å²) in [5.41, 5.74) is 2.02. The van der Waals surface area contributed by atoms with E-state index in [1.165, 1.54) is 6.92 Å². The molecule has 7 heteroatoms. The maximum atomic E-state index is 11.9. The molecule has 2 amide bonds. The van der Waals surface area contributed by atoms with Gasteiger partial charge in [-0.05, 0) is 43.7 Å². The van der Waals surface area contributed by atoms with E-state index >= 15 is 0 Å². The fourth-order valence-corrected chi connectivity index (χ4v) is 2.55. The highest BCUT2D eigenvalue weighted by atomic mass is 16.5. The molecule has 1 atom stereocenters. The van der Waals surface area contributed by atoms with E-state index in [-0.39, 0.29) is 30.6 Å². The summed E-state index contributed by atoms with van der Waals surface area (Å²) in [5.74, 6) is -1.47. The van der Waals surface area contributed by atoms with Gasteiger partial charge in [0.25, 0.3) is 5.91 Å². The number of carbonyl (C=O) groups excluding carboxylic acids is 4. The molecule has 29 heavy (non-hydrogen) atoms. The van der Waals surface area contributed by atoms with Gasteiger partial charge in [0, 0.05) is 17.7 Å². The van der Waals surface area contributed by atoms with Crippen molar-refractivity contribution in [3.8, 4) is 0 Å². The van der Waals surface area contributed by atoms with Crippen LogP contribution < -0.4 is 10.6 Å². The van der Waals surface area contributed by atoms with Crippen molar-refractivity contribution in [3.63, 3.8) is 0 Å². The van der Waals surface area contributed by atoms with Crippen molar-refractivity contribution in [2.45, 2.75) is 32.7 Å². The monoisotopic (exact) mass is 396 g/mol. The van der Waals surface area contributed by atoms with Crippen LogP contribution in [-0.2, 0) is 19.1 Å². The van der Waals surface area contributed by atoms with Crippen LogP contribution in [-0.4, -0.2) is 30.2 Å². The zero-order chi connectivity index (χ0) is 21.2. The molecule has 0 aliphatic carbocycles. The van der Waals surface area contributed by atoms with E-state index in [4.69, 9.17) is 4.74 Å². The summed E-state index contributed by atoms with van der Waals surface area (Å²) < 4.78 is 4.91. The molecule has 0 bridgehead atoms. The molecule has 2 N–H and O–H groups in total. The third-order valence-electron chi connectivity index (χ3n) is 4.17. The van der Waals surface area contributed by atoms with Gasteiger partial charge in [-0.15, -0.1) is 0 Å². The van der Waals surface area contributed by atoms with Crippen molar-refractivity contribution in [3.05, 3.63) is 65.7 Å². The lowest BCUT2D eigenvalue weighted by Crippen LogP contribution is -2.31. The summed E-state index contributed by atoms with van der Waals surface area (Å²) in [6, 6.07) is 15.7. The van der Waals surface area contributed by atoms with Crippen LogP contribution in [0.15, 0.2) is 54.6 Å². The first kappa shape index (κ1) is 21.8. The predicted octanol–water partition coefficient (Wildman–Crippen LogP) is 3.03. The van der Waals surface area contributed by atoms with Crippen molar-refractivity contribution in [1.82, 2.24) is 5.32 Å². The first-order valence-corrected chi connectivity index (χ1v) is 9.26. The molecule has 2 aromatic rings. The van der Waals surface area contributed by atoms with E-state index in [2.05, 4.69) is 10.6 Å². The fraction of sp³-hybridized carbons (Fsp3) is 0.273. The lowest BCUT2D eigenvalue weighted by atomic mass is 10.1. The third kappa shape index (κ3) is 7.57. The Kier molecular flexibility index (Phi) is 8.09. The van der Waals surface area contributed by atoms with Crippen LogP contribution >= 0.6 is 0 Å². The van der Waals surface area contributed by atoms with Crippen molar-refractivity contribution in [2.75, 3.05) is 11.9 Å². The summed E-state index contributed by atoms with van der Waals surface area (Å²) in [4.78, 5) is 46.8. The Hall–Kier alpha value is -3.48. The first-order chi connectivity index (χ1) is 13.8. The number of Topliss-reactive ketones (excluding diaryl/α,β-unsaturated/α-hetero) is 1. The lowest BCUT2D eigenvalue weighted by molar-refractivity contribution is -0.149. The minimum atomic E-state index is -0.630. The summed E-state index contributed by atoms with van der Waals surface area (Å²) in [6.45, 7) is 2.90. The molecule has 0 aliphatic heterocycles. The van der Waals surface area contributed by atoms with Gasteiger partial charge in [0.05, 0.1) is 12.5 Å². The average molecular weight is 396 g/mol. The van der Waals surface area contributed by atoms with Gasteiger partial charge in [-0.2, -0.15) is 0 Å². The zero-order valence-electron chi connectivity index (χ0n) is 16.4. The molecule has 0 aromatic heterocycles. The molecule has 0 aliphatic rings. The van der Waals surface area contributed by atoms with Gasteiger partial charge in [0.15, 0.2) is 12.4 Å². The number of benzene rings is 2. The third-order valence-corrected chi connectivity index (χ3v) is 4.17. The Bertz CT molecular complexity index is 863. The maximum absolute atomic E-state index is 11.9. The molecular weight excluding hydrogens is 372 g/mol. The van der Waals surface area contributed by atoms with Gasteiger partial charge in [-0.25, -0.2) is 0 Å². The number of hydrogen-bond donors (Lipinski definition) is 2. The standard InChI is InChI=1S/C22H24N2O5/c1-15(17-6-4-3-5-7-17)23-21(27)14-29-22(28)13-12-20(26)24-19-10-8-18(9-11-19)16(2)25/h3-11,15H,12-14H2,1-2H3,(H,23,27)(H,24,26)/t15-/m0/s1. The Morgan fingerprint density at radius 1 is 0.897 bits per heavy atom. The Morgan fingerprint density at radius 2 is 1.55 bits per heavy atom. The first-order valence-electron chi connectivity index (χ1n) is 9.26. The largest absolute Gasteiger partial charge is 0.456 e. The van der Waals surface area contributed by atoms with Crippen LogP contribution in [0, 0.1) is 0 Å². The smallest absolute Gasteiger partial charge is 0.306 e. The highest BCUT2D eigenvalue weighted by Gasteiger charge is 2.13. The van der Waals surface area contributed by atoms with Gasteiger partial charge < -0.3 is 15.4 Å². The van der Waals surface area contributed by atoms with Crippen LogP contribution in [0.4, 0.5) is 5.69 Å². The second kappa shape index (κ2) is 10.8. The Labute approximate surface area is 169 Å². The van der Waals surface area contributed by atoms with Gasteiger partial charge in [0.1, 0.15) is 0 Å². The normalized spacial score (nSPS) is 11.2. The number of nitrogens with one attached hydrogen (secondary N) is 2. The van der Waals surface area contributed by atoms with E-state index in [0.29, 0.717) is 11.3 Å². The number of carbonyl (C=O) groups is 4. The lowest BCUT2D eigenvalue weighted by Gasteiger charge is -2.14. The molecule has 0 saturated heterocycles. The fourth-order valence-electron chi connectivity index (χ4n) is 2.55. The summed E-state index contributed by atoms with van der Waals surface area (Å²) in [7, 11) is 0. The van der Waals surface area contributed by atoms with Gasteiger partial charge in [0.2, 0.25) is 5.91 Å². The molecule has 2 rings (SSSR count). The number of ether oxygens (including phenoxy) is 1. The minimum absolute atomic E-state index is 0.0622. The van der Waals surface area contributed by atoms with Gasteiger partial charge >= 0.3 is 5.97 Å². The minimum Gasteiger partial charge on any atom is -0.456 e. The van der Waals surface area contributed by atoms with Crippen molar-refractivity contribution in [2.24, 2.45) is 0 Å². The molecule has 0 heterocycles. The molecule has 0 spiro atoms. The summed E-state index contributed by atoms with van der Waals surface area (Å²) in [5, 5.41) is 5.38. The van der Waals surface area contributed by atoms with Crippen molar-refractivity contribution < 1.29 is 23.9 Å². The molecule has 2 aromatic carbocycles. The van der Waals surface area contributed by atoms with Crippen LogP contribution in [0.5, 0.6) is 0 Å². The predicted molar refractivity (Wildman–Crippen MR) is 108 cm³/mol. The van der Waals surface area contributed by atoms with Crippen LogP contribution in [0.25, 0.3) is 0 Å². The molecule has 0 saturated carbocycles. The Balaban J connectivity index is 1.67. The SMILES string of the molecule is CC(=O)c1ccc(NC(=O)CCC(=O)OCC(=O)N[C@@H](C)c2ccccc2)cc1. The number of ketones is 1. The van der Waals surface area contributed by atoms with Crippen LogP contribution in [0.3, 0.4) is 0 Å². The quantitative estimate of drug-likeness (QED) is 0.501. The molecule has 0 fully saturated rings. The number of amides is 2. The zero-order valence-corrected chi connectivity index (χ0v) is 16.4. The van der Waals surface area contributed by atoms with E-state index < -0.39 is 18.5 Å². The second-order valence-electron chi connectivity index (χ2n) is 6.54. The topological polar surface area (TPSA) is 102 Å². The highest BCUT2D eigenvalue weighted by molar-refractivity contribution is 5.96. The summed E-state index contributed by atoms with van der Waals surface area (Å²) in [6.07, 6.45) is -0.214. The van der Waals surface area contributed by atoms with Crippen LogP contribution in [0.2, 0.25) is 0 Å². The van der Waals surface area contributed by atoms with Crippen molar-refractivity contribution >= 4 is 29.3 Å². The molecule has 152 valence electrons. The van der Waals surface area contributed by atoms with E-state index in [0.717, 1.165) is 5.56 Å². The number of esters is 1. The van der Waals surface area contributed by atoms with Gasteiger partial charge in [-0.1, -0.05) is 30.3 Å². The van der Waals surface area contributed by atoms with Crippen LogP contribution in [0.1, 0.15) is 48.7 Å². The molecule has 0 unspecified atom stereocenters. The number of hydrogen-bond acceptors (Lipinski definition) is 5. The molecule has 7 nitrogen and oxygen atoms in total. The maximum Gasteiger partial charge on any atom is 0.306 e. The highest BCUT2D eigenvalue weighted by Crippen LogP contribution is 2.12. The summed E-state index contributed by atoms with van der Waals surface area (Å²) >= 11 is 0.